The zero-order valence-corrected chi connectivity index (χ0v) is 13.8. The molecule has 23 heavy (non-hydrogen) atoms. The van der Waals surface area contributed by atoms with E-state index < -0.39 is 0 Å². The summed E-state index contributed by atoms with van der Waals surface area (Å²) in [6.45, 7) is 5.41. The molecular formula is C17H22N4O2. The molecule has 1 aliphatic rings. The van der Waals surface area contributed by atoms with Gasteiger partial charge in [-0.2, -0.15) is 5.10 Å². The Balaban J connectivity index is 1.79. The molecule has 122 valence electrons. The van der Waals surface area contributed by atoms with Gasteiger partial charge in [0.1, 0.15) is 11.4 Å². The average molecular weight is 314 g/mol. The molecule has 0 aromatic carbocycles. The maximum Gasteiger partial charge on any atom is 0.342 e. The molecule has 0 spiro atoms. The molecule has 3 rings (SSSR count). The summed E-state index contributed by atoms with van der Waals surface area (Å²) >= 11 is 0. The van der Waals surface area contributed by atoms with Crippen LogP contribution >= 0.6 is 0 Å². The molecule has 0 amide bonds. The second-order valence-electron chi connectivity index (χ2n) is 6.21. The van der Waals surface area contributed by atoms with E-state index in [0.29, 0.717) is 17.3 Å². The van der Waals surface area contributed by atoms with Crippen LogP contribution in [0.1, 0.15) is 42.1 Å². The molecule has 1 saturated heterocycles. The minimum Gasteiger partial charge on any atom is -0.459 e. The average Bonchev–Trinajstić information content (AvgIpc) is 3.15. The molecule has 1 atom stereocenters. The van der Waals surface area contributed by atoms with E-state index in [-0.39, 0.29) is 12.1 Å². The van der Waals surface area contributed by atoms with Crippen molar-refractivity contribution in [3.05, 3.63) is 41.9 Å². The molecule has 3 heterocycles. The third-order valence-electron chi connectivity index (χ3n) is 4.03. The number of rotatable bonds is 4. The van der Waals surface area contributed by atoms with Gasteiger partial charge >= 0.3 is 5.97 Å². The van der Waals surface area contributed by atoms with E-state index in [2.05, 4.69) is 21.2 Å². The quantitative estimate of drug-likeness (QED) is 0.811. The fourth-order valence-electron chi connectivity index (χ4n) is 2.96. The number of anilines is 1. The lowest BCUT2D eigenvalue weighted by atomic mass is 10.0. The van der Waals surface area contributed by atoms with Crippen LogP contribution in [0.15, 0.2) is 30.7 Å². The van der Waals surface area contributed by atoms with E-state index in [1.54, 1.807) is 18.3 Å². The molecule has 1 unspecified atom stereocenters. The zero-order valence-electron chi connectivity index (χ0n) is 13.8. The van der Waals surface area contributed by atoms with Crippen LogP contribution in [-0.4, -0.2) is 39.9 Å². The lowest BCUT2D eigenvalue weighted by Gasteiger charge is -2.20. The zero-order chi connectivity index (χ0) is 16.4. The molecule has 1 aliphatic heterocycles. The minimum atomic E-state index is -0.312. The number of aromatic nitrogens is 3. The van der Waals surface area contributed by atoms with Gasteiger partial charge in [-0.15, -0.1) is 0 Å². The van der Waals surface area contributed by atoms with Gasteiger partial charge in [-0.25, -0.2) is 9.78 Å². The van der Waals surface area contributed by atoms with Gasteiger partial charge in [0.15, 0.2) is 0 Å². The maximum absolute atomic E-state index is 12.3. The van der Waals surface area contributed by atoms with Gasteiger partial charge in [-0.05, 0) is 38.0 Å². The third-order valence-corrected chi connectivity index (χ3v) is 4.03. The van der Waals surface area contributed by atoms with Crippen LogP contribution in [0.4, 0.5) is 5.82 Å². The second kappa shape index (κ2) is 6.40. The summed E-state index contributed by atoms with van der Waals surface area (Å²) in [7, 11) is 1.93. The SMILES string of the molecule is CC(C)OC(=O)c1cccnc1N1CCC(c2cnn(C)c2)C1. The first kappa shape index (κ1) is 15.5. The molecule has 0 radical (unpaired) electrons. The Labute approximate surface area is 136 Å². The Hall–Kier alpha value is -2.37. The Morgan fingerprint density at radius 1 is 1.43 bits per heavy atom. The summed E-state index contributed by atoms with van der Waals surface area (Å²) in [5.74, 6) is 0.817. The fourth-order valence-corrected chi connectivity index (χ4v) is 2.96. The number of hydrogen-bond acceptors (Lipinski definition) is 5. The number of esters is 1. The first-order chi connectivity index (χ1) is 11.0. The monoisotopic (exact) mass is 314 g/mol. The van der Waals surface area contributed by atoms with Gasteiger partial charge in [-0.3, -0.25) is 4.68 Å². The minimum absolute atomic E-state index is 0.141. The van der Waals surface area contributed by atoms with Crippen molar-refractivity contribution in [1.29, 1.82) is 0 Å². The normalized spacial score (nSPS) is 17.7. The van der Waals surface area contributed by atoms with Crippen LogP contribution in [-0.2, 0) is 11.8 Å². The van der Waals surface area contributed by atoms with Crippen molar-refractivity contribution < 1.29 is 9.53 Å². The van der Waals surface area contributed by atoms with Crippen molar-refractivity contribution >= 4 is 11.8 Å². The van der Waals surface area contributed by atoms with E-state index >= 15 is 0 Å². The molecular weight excluding hydrogens is 292 g/mol. The van der Waals surface area contributed by atoms with E-state index in [0.717, 1.165) is 19.5 Å². The Morgan fingerprint density at radius 3 is 2.96 bits per heavy atom. The Morgan fingerprint density at radius 2 is 2.26 bits per heavy atom. The highest BCUT2D eigenvalue weighted by Crippen LogP contribution is 2.31. The van der Waals surface area contributed by atoms with Crippen molar-refractivity contribution in [2.45, 2.75) is 32.3 Å². The summed E-state index contributed by atoms with van der Waals surface area (Å²) in [6, 6.07) is 3.56. The number of hydrogen-bond donors (Lipinski definition) is 0. The molecule has 2 aromatic rings. The van der Waals surface area contributed by atoms with E-state index in [1.807, 2.05) is 31.8 Å². The number of carbonyl (C=O) groups is 1. The second-order valence-corrected chi connectivity index (χ2v) is 6.21. The number of nitrogens with zero attached hydrogens (tertiary/aromatic N) is 4. The topological polar surface area (TPSA) is 60.2 Å². The maximum atomic E-state index is 12.3. The van der Waals surface area contributed by atoms with Crippen LogP contribution < -0.4 is 4.90 Å². The van der Waals surface area contributed by atoms with Gasteiger partial charge in [0, 0.05) is 38.4 Å². The smallest absolute Gasteiger partial charge is 0.342 e. The molecule has 6 heteroatoms. The molecule has 0 bridgehead atoms. The first-order valence-electron chi connectivity index (χ1n) is 7.94. The summed E-state index contributed by atoms with van der Waals surface area (Å²) in [4.78, 5) is 18.9. The van der Waals surface area contributed by atoms with Crippen LogP contribution in [0.3, 0.4) is 0 Å². The van der Waals surface area contributed by atoms with E-state index in [4.69, 9.17) is 4.74 Å². The third kappa shape index (κ3) is 3.36. The summed E-state index contributed by atoms with van der Waals surface area (Å²) in [5.41, 5.74) is 1.77. The van der Waals surface area contributed by atoms with Crippen molar-refractivity contribution in [3.8, 4) is 0 Å². The molecule has 2 aromatic heterocycles. The fraction of sp³-hybridized carbons (Fsp3) is 0.471. The highest BCUT2D eigenvalue weighted by Gasteiger charge is 2.28. The van der Waals surface area contributed by atoms with Crippen LogP contribution in [0, 0.1) is 0 Å². The van der Waals surface area contributed by atoms with Gasteiger partial charge in [0.05, 0.1) is 12.3 Å². The van der Waals surface area contributed by atoms with Crippen molar-refractivity contribution in [2.24, 2.45) is 7.05 Å². The number of pyridine rings is 1. The summed E-state index contributed by atoms with van der Waals surface area (Å²) in [6.07, 6.45) is 6.58. The molecule has 0 N–H and O–H groups in total. The van der Waals surface area contributed by atoms with Crippen LogP contribution in [0.2, 0.25) is 0 Å². The van der Waals surface area contributed by atoms with Gasteiger partial charge in [0.25, 0.3) is 0 Å². The van der Waals surface area contributed by atoms with Gasteiger partial charge < -0.3 is 9.64 Å². The van der Waals surface area contributed by atoms with Crippen molar-refractivity contribution in [1.82, 2.24) is 14.8 Å². The van der Waals surface area contributed by atoms with Crippen LogP contribution in [0.25, 0.3) is 0 Å². The largest absolute Gasteiger partial charge is 0.459 e. The highest BCUT2D eigenvalue weighted by atomic mass is 16.5. The lowest BCUT2D eigenvalue weighted by Crippen LogP contribution is -2.24. The van der Waals surface area contributed by atoms with Crippen molar-refractivity contribution in [2.75, 3.05) is 18.0 Å². The van der Waals surface area contributed by atoms with Crippen LogP contribution in [0.5, 0.6) is 0 Å². The van der Waals surface area contributed by atoms with Gasteiger partial charge in [-0.1, -0.05) is 0 Å². The van der Waals surface area contributed by atoms with E-state index in [9.17, 15) is 4.79 Å². The molecule has 6 nitrogen and oxygen atoms in total. The molecule has 0 saturated carbocycles. The lowest BCUT2D eigenvalue weighted by molar-refractivity contribution is 0.0378. The number of aryl methyl sites for hydroxylation is 1. The molecule has 0 aliphatic carbocycles. The van der Waals surface area contributed by atoms with E-state index in [1.165, 1.54) is 5.56 Å². The number of carbonyl (C=O) groups excluding carboxylic acids is 1. The highest BCUT2D eigenvalue weighted by molar-refractivity contribution is 5.94. The predicted octanol–water partition coefficient (Wildman–Crippen LogP) is 2.37. The summed E-state index contributed by atoms with van der Waals surface area (Å²) in [5, 5.41) is 4.25. The predicted molar refractivity (Wildman–Crippen MR) is 87.6 cm³/mol. The summed E-state index contributed by atoms with van der Waals surface area (Å²) < 4.78 is 7.16. The number of ether oxygens (including phenoxy) is 1. The first-order valence-corrected chi connectivity index (χ1v) is 7.94. The molecule has 1 fully saturated rings. The standard InChI is InChI=1S/C17H22N4O2/c1-12(2)23-17(22)15-5-4-7-18-16(15)21-8-6-13(11-21)14-9-19-20(3)10-14/h4-5,7,9-10,12-13H,6,8,11H2,1-3H3. The Bertz CT molecular complexity index is 695. The Kier molecular flexibility index (Phi) is 4.32. The van der Waals surface area contributed by atoms with Gasteiger partial charge in [0.2, 0.25) is 0 Å². The van der Waals surface area contributed by atoms with Crippen molar-refractivity contribution in [3.63, 3.8) is 0 Å².